The summed E-state index contributed by atoms with van der Waals surface area (Å²) in [6.07, 6.45) is 6.80. The van der Waals surface area contributed by atoms with Crippen molar-refractivity contribution in [3.05, 3.63) is 36.9 Å². The Morgan fingerprint density at radius 3 is 2.72 bits per heavy atom. The van der Waals surface area contributed by atoms with E-state index in [1.807, 2.05) is 32.9 Å². The molecule has 0 aliphatic carbocycles. The number of rotatable bonds is 2. The molecule has 2 aromatic rings. The molecule has 0 aliphatic heterocycles. The van der Waals surface area contributed by atoms with E-state index in [1.54, 1.807) is 29.5 Å². The maximum absolute atomic E-state index is 11.8. The molecule has 0 fully saturated rings. The lowest BCUT2D eigenvalue weighted by Gasteiger charge is -2.16. The van der Waals surface area contributed by atoms with E-state index in [-0.39, 0.29) is 5.91 Å². The molecule has 5 nitrogen and oxygen atoms in total. The second-order valence-corrected chi connectivity index (χ2v) is 5.09. The van der Waals surface area contributed by atoms with Gasteiger partial charge in [0.2, 0.25) is 5.91 Å². The van der Waals surface area contributed by atoms with Gasteiger partial charge in [0.05, 0.1) is 30.0 Å². The molecule has 0 bridgehead atoms. The van der Waals surface area contributed by atoms with Gasteiger partial charge in [0.1, 0.15) is 0 Å². The van der Waals surface area contributed by atoms with Crippen LogP contribution in [0.4, 0.5) is 5.69 Å². The van der Waals surface area contributed by atoms with Crippen LogP contribution in [-0.4, -0.2) is 20.7 Å². The lowest BCUT2D eigenvalue weighted by atomic mass is 9.96. The van der Waals surface area contributed by atoms with Gasteiger partial charge in [-0.05, 0) is 12.1 Å². The zero-order valence-electron chi connectivity index (χ0n) is 10.7. The van der Waals surface area contributed by atoms with Crippen molar-refractivity contribution in [2.24, 2.45) is 5.41 Å². The molecule has 94 valence electrons. The van der Waals surface area contributed by atoms with Gasteiger partial charge < -0.3 is 5.32 Å². The number of hydrogen-bond acceptors (Lipinski definition) is 3. The molecule has 1 N–H and O–H groups in total. The quantitative estimate of drug-likeness (QED) is 0.881. The third-order valence-corrected chi connectivity index (χ3v) is 2.43. The molecular weight excluding hydrogens is 228 g/mol. The monoisotopic (exact) mass is 244 g/mol. The summed E-state index contributed by atoms with van der Waals surface area (Å²) < 4.78 is 1.67. The predicted octanol–water partition coefficient (Wildman–Crippen LogP) is 2.25. The van der Waals surface area contributed by atoms with Crippen molar-refractivity contribution in [1.29, 1.82) is 0 Å². The van der Waals surface area contributed by atoms with Gasteiger partial charge in [0.25, 0.3) is 0 Å². The van der Waals surface area contributed by atoms with Crippen LogP contribution in [-0.2, 0) is 4.79 Å². The summed E-state index contributed by atoms with van der Waals surface area (Å²) in [7, 11) is 0. The molecule has 0 radical (unpaired) electrons. The zero-order chi connectivity index (χ0) is 13.2. The molecular formula is C13H16N4O. The van der Waals surface area contributed by atoms with Crippen molar-refractivity contribution >= 4 is 11.6 Å². The molecule has 0 saturated heterocycles. The number of nitrogens with one attached hydrogen (secondary N) is 1. The van der Waals surface area contributed by atoms with E-state index in [0.717, 1.165) is 5.69 Å². The Bertz CT molecular complexity index is 540. The number of nitrogens with zero attached hydrogens (tertiary/aromatic N) is 3. The zero-order valence-corrected chi connectivity index (χ0v) is 10.7. The highest BCUT2D eigenvalue weighted by Crippen LogP contribution is 2.17. The van der Waals surface area contributed by atoms with E-state index < -0.39 is 5.41 Å². The van der Waals surface area contributed by atoms with Crippen LogP contribution >= 0.6 is 0 Å². The van der Waals surface area contributed by atoms with E-state index in [9.17, 15) is 4.79 Å². The Hall–Kier alpha value is -2.17. The van der Waals surface area contributed by atoms with Crippen molar-refractivity contribution in [3.63, 3.8) is 0 Å². The van der Waals surface area contributed by atoms with E-state index in [0.29, 0.717) is 5.69 Å². The molecule has 2 heterocycles. The average molecular weight is 244 g/mol. The summed E-state index contributed by atoms with van der Waals surface area (Å²) in [6.45, 7) is 5.61. The minimum atomic E-state index is -0.420. The first-order chi connectivity index (χ1) is 8.47. The molecule has 2 aromatic heterocycles. The Kier molecular flexibility index (Phi) is 3.14. The van der Waals surface area contributed by atoms with Crippen molar-refractivity contribution in [2.75, 3.05) is 5.32 Å². The number of pyridine rings is 1. The Labute approximate surface area is 106 Å². The first-order valence-corrected chi connectivity index (χ1v) is 5.73. The van der Waals surface area contributed by atoms with Gasteiger partial charge in [-0.15, -0.1) is 0 Å². The Balaban J connectivity index is 2.15. The van der Waals surface area contributed by atoms with Gasteiger partial charge in [0, 0.05) is 11.6 Å². The molecule has 1 amide bonds. The first-order valence-electron chi connectivity index (χ1n) is 5.73. The van der Waals surface area contributed by atoms with Crippen LogP contribution in [0.5, 0.6) is 0 Å². The highest BCUT2D eigenvalue weighted by molar-refractivity contribution is 5.94. The molecule has 0 aromatic carbocycles. The number of hydrogen-bond donors (Lipinski definition) is 1. The lowest BCUT2D eigenvalue weighted by molar-refractivity contribution is -0.123. The highest BCUT2D eigenvalue weighted by atomic mass is 16.2. The van der Waals surface area contributed by atoms with E-state index >= 15 is 0 Å². The minimum Gasteiger partial charge on any atom is -0.323 e. The van der Waals surface area contributed by atoms with E-state index in [4.69, 9.17) is 0 Å². The molecule has 5 heteroatoms. The second-order valence-electron chi connectivity index (χ2n) is 5.09. The summed E-state index contributed by atoms with van der Waals surface area (Å²) in [4.78, 5) is 15.8. The third-order valence-electron chi connectivity index (χ3n) is 2.43. The maximum atomic E-state index is 11.8. The topological polar surface area (TPSA) is 59.8 Å². The number of anilines is 1. The fourth-order valence-corrected chi connectivity index (χ4v) is 1.34. The number of amides is 1. The van der Waals surface area contributed by atoms with Crippen LogP contribution < -0.4 is 5.32 Å². The lowest BCUT2D eigenvalue weighted by Crippen LogP contribution is -2.27. The summed E-state index contributed by atoms with van der Waals surface area (Å²) >= 11 is 0. The van der Waals surface area contributed by atoms with Crippen molar-refractivity contribution in [3.8, 4) is 5.69 Å². The van der Waals surface area contributed by atoms with Crippen LogP contribution in [0.25, 0.3) is 5.69 Å². The smallest absolute Gasteiger partial charge is 0.229 e. The summed E-state index contributed by atoms with van der Waals surface area (Å²) in [5.74, 6) is -0.0340. The van der Waals surface area contributed by atoms with Crippen molar-refractivity contribution in [2.45, 2.75) is 20.8 Å². The van der Waals surface area contributed by atoms with Crippen molar-refractivity contribution in [1.82, 2.24) is 14.8 Å². The maximum Gasteiger partial charge on any atom is 0.229 e. The van der Waals surface area contributed by atoms with Crippen molar-refractivity contribution < 1.29 is 4.79 Å². The van der Waals surface area contributed by atoms with E-state index in [2.05, 4.69) is 15.4 Å². The first kappa shape index (κ1) is 12.3. The Morgan fingerprint density at radius 1 is 1.33 bits per heavy atom. The molecule has 0 unspecified atom stereocenters. The number of carbonyl (C=O) groups is 1. The third kappa shape index (κ3) is 2.74. The highest BCUT2D eigenvalue weighted by Gasteiger charge is 2.21. The molecule has 0 spiro atoms. The summed E-state index contributed by atoms with van der Waals surface area (Å²) in [6, 6.07) is 3.74. The van der Waals surface area contributed by atoms with Gasteiger partial charge in [0.15, 0.2) is 0 Å². The molecule has 0 aliphatic rings. The second kappa shape index (κ2) is 4.60. The van der Waals surface area contributed by atoms with Crippen LogP contribution in [0.15, 0.2) is 36.9 Å². The number of carbonyl (C=O) groups excluding carboxylic acids is 1. The molecule has 2 rings (SSSR count). The fourth-order valence-electron chi connectivity index (χ4n) is 1.34. The summed E-state index contributed by atoms with van der Waals surface area (Å²) in [5.41, 5.74) is 1.11. The molecule has 18 heavy (non-hydrogen) atoms. The SMILES string of the molecule is CC(C)(C)C(=O)Nc1cnn(-c2cccnc2)c1. The van der Waals surface area contributed by atoms with Gasteiger partial charge in [-0.25, -0.2) is 4.68 Å². The van der Waals surface area contributed by atoms with Crippen LogP contribution in [0.2, 0.25) is 0 Å². The molecule has 0 atom stereocenters. The van der Waals surface area contributed by atoms with Gasteiger partial charge >= 0.3 is 0 Å². The van der Waals surface area contributed by atoms with Crippen LogP contribution in [0.1, 0.15) is 20.8 Å². The standard InChI is InChI=1S/C13H16N4O/c1-13(2,3)12(18)16-10-7-15-17(9-10)11-5-4-6-14-8-11/h4-9H,1-3H3,(H,16,18). The van der Waals surface area contributed by atoms with Crippen LogP contribution in [0.3, 0.4) is 0 Å². The van der Waals surface area contributed by atoms with Gasteiger partial charge in [-0.2, -0.15) is 5.10 Å². The normalized spacial score (nSPS) is 11.3. The fraction of sp³-hybridized carbons (Fsp3) is 0.308. The molecule has 0 saturated carbocycles. The minimum absolute atomic E-state index is 0.0340. The number of aromatic nitrogens is 3. The Morgan fingerprint density at radius 2 is 2.11 bits per heavy atom. The van der Waals surface area contributed by atoms with Crippen LogP contribution in [0, 0.1) is 5.41 Å². The largest absolute Gasteiger partial charge is 0.323 e. The predicted molar refractivity (Wildman–Crippen MR) is 69.4 cm³/mol. The van der Waals surface area contributed by atoms with Gasteiger partial charge in [-0.1, -0.05) is 20.8 Å². The average Bonchev–Trinajstić information content (AvgIpc) is 2.77. The summed E-state index contributed by atoms with van der Waals surface area (Å²) in [5, 5.41) is 7.01. The van der Waals surface area contributed by atoms with E-state index in [1.165, 1.54) is 0 Å². The van der Waals surface area contributed by atoms with Gasteiger partial charge in [-0.3, -0.25) is 9.78 Å².